The number of hydrogen-bond donors (Lipinski definition) is 8. The highest BCUT2D eigenvalue weighted by Gasteiger charge is 2.58. The molecule has 9 N–H and O–H groups in total. The van der Waals surface area contributed by atoms with Crippen LogP contribution in [0.3, 0.4) is 0 Å². The number of anilines is 2. The number of primary amides is 1. The first-order valence-corrected chi connectivity index (χ1v) is 24.4. The third kappa shape index (κ3) is 10.9. The van der Waals surface area contributed by atoms with Gasteiger partial charge in [-0.3, -0.25) is 29.3 Å². The quantitative estimate of drug-likeness (QED) is 0.0515. The first-order valence-electron chi connectivity index (χ1n) is 24.4. The second-order valence-corrected chi connectivity index (χ2v) is 20.7. The number of benzene rings is 3. The number of phenols is 1. The predicted octanol–water partition coefficient (Wildman–Crippen LogP) is 7.63. The van der Waals surface area contributed by atoms with Crippen molar-refractivity contribution in [3.63, 3.8) is 0 Å². The van der Waals surface area contributed by atoms with Crippen LogP contribution in [0, 0.1) is 22.7 Å². The fourth-order valence-corrected chi connectivity index (χ4v) is 12.5. The van der Waals surface area contributed by atoms with Crippen LogP contribution < -0.4 is 32.3 Å². The van der Waals surface area contributed by atoms with Gasteiger partial charge in [0.15, 0.2) is 0 Å². The molecule has 2 fully saturated rings. The lowest BCUT2D eigenvalue weighted by atomic mass is 9.49. The molecule has 0 aromatic heterocycles. The Morgan fingerprint density at radius 1 is 0.725 bits per heavy atom. The van der Waals surface area contributed by atoms with E-state index in [1.165, 1.54) is 5.56 Å². The third-order valence-electron chi connectivity index (χ3n) is 16.2. The van der Waals surface area contributed by atoms with Gasteiger partial charge in [-0.1, -0.05) is 64.8 Å². The maximum atomic E-state index is 14.7. The van der Waals surface area contributed by atoms with E-state index in [1.54, 1.807) is 36.4 Å². The Morgan fingerprint density at radius 2 is 1.30 bits per heavy atom. The highest BCUT2D eigenvalue weighted by molar-refractivity contribution is 6.01. The zero-order valence-electron chi connectivity index (χ0n) is 40.3. The van der Waals surface area contributed by atoms with Crippen LogP contribution in [-0.2, 0) is 59.0 Å². The fraction of sp³-hybridized carbons (Fsp3) is 0.528. The van der Waals surface area contributed by atoms with Crippen molar-refractivity contribution in [2.24, 2.45) is 28.4 Å². The van der Waals surface area contributed by atoms with E-state index in [-0.39, 0.29) is 66.6 Å². The molecule has 4 aliphatic carbocycles. The lowest BCUT2D eigenvalue weighted by Crippen LogP contribution is -2.60. The largest absolute Gasteiger partial charge is 0.508 e. The number of amides is 7. The Hall–Kier alpha value is -6.45. The number of ether oxygens (including phenoxy) is 1. The molecule has 7 atom stereocenters. The van der Waals surface area contributed by atoms with Crippen molar-refractivity contribution in [3.05, 3.63) is 88.5 Å². The number of urea groups is 1. The first kappa shape index (κ1) is 50.4. The number of phenolic OH excluding ortho intramolecular Hbond substituents is 1. The number of alkyl carbamates (subject to hydrolysis) is 1. The van der Waals surface area contributed by atoms with Crippen molar-refractivity contribution in [2.45, 2.75) is 147 Å². The first-order chi connectivity index (χ1) is 32.7. The van der Waals surface area contributed by atoms with Crippen molar-refractivity contribution in [1.29, 1.82) is 0 Å². The lowest BCUT2D eigenvalue weighted by Gasteiger charge is -2.56. The van der Waals surface area contributed by atoms with Gasteiger partial charge in [0.2, 0.25) is 23.6 Å². The molecule has 3 aromatic carbocycles. The summed E-state index contributed by atoms with van der Waals surface area (Å²) in [7, 11) is 0. The summed E-state index contributed by atoms with van der Waals surface area (Å²) in [6, 6.07) is 16.1. The second-order valence-electron chi connectivity index (χ2n) is 20.7. The van der Waals surface area contributed by atoms with Gasteiger partial charge >= 0.3 is 18.1 Å². The number of rotatable bonds is 16. The van der Waals surface area contributed by atoms with E-state index in [1.807, 2.05) is 38.1 Å². The summed E-state index contributed by atoms with van der Waals surface area (Å²) in [5, 5.41) is 33.6. The smallest absolute Gasteiger partial charge is 0.408 e. The maximum Gasteiger partial charge on any atom is 0.408 e. The standard InChI is InChI=1S/C53H68N6O10/c1-50-24-7-26-52(3,46(65)59-47(66)53(4)27-8-25-51(2)39-30-37(60)19-13-34(39)15-22-42(51)53)41(50)21-14-33-12-18-36(29-38(33)50)57-45(64)40(20-23-44(62)63)58-49(68)69-31-32-10-16-35(17-11-32)56-43(61)9-5-6-28-55-48(54)67/h10-13,16-19,29-30,40-42,60H,5-9,14-15,20-28,31H2,1-4H3,(H,56,61)(H,57,64)(H,58,68)(H,62,63)(H3,54,55,67)(H,59,65,66)/t40-,41+,42?,50+,51+,52-,53-/m0/s1. The molecule has 4 aliphatic rings. The van der Waals surface area contributed by atoms with Crippen LogP contribution in [0.1, 0.15) is 139 Å². The Labute approximate surface area is 403 Å². The lowest BCUT2D eigenvalue weighted by molar-refractivity contribution is -0.150. The van der Waals surface area contributed by atoms with Crippen LogP contribution in [0.2, 0.25) is 0 Å². The number of unbranched alkanes of at least 4 members (excludes halogenated alkanes) is 1. The maximum absolute atomic E-state index is 14.7. The molecule has 2 saturated carbocycles. The van der Waals surface area contributed by atoms with E-state index in [0.29, 0.717) is 55.6 Å². The zero-order chi connectivity index (χ0) is 49.7. The van der Waals surface area contributed by atoms with E-state index in [9.17, 15) is 43.8 Å². The number of nitrogens with two attached hydrogens (primary N) is 1. The SMILES string of the molecule is C[C@]1(C(=O)NC(=O)[C@@]2(C)CCC[C@]3(C)c4cc(NC(=O)[C@H](CCC(=O)O)NC(=O)OCc5ccc(NC(=O)CCCCNC(N)=O)cc5)ccc4CC[C@@H]23)CCC[C@]2(C)c3cc(O)ccc3CCC12. The Balaban J connectivity index is 0.978. The molecule has 16 heteroatoms. The summed E-state index contributed by atoms with van der Waals surface area (Å²) in [5.41, 5.74) is 8.69. The molecule has 16 nitrogen and oxygen atoms in total. The van der Waals surface area contributed by atoms with Gasteiger partial charge in [0, 0.05) is 30.8 Å². The van der Waals surface area contributed by atoms with Crippen molar-refractivity contribution in [3.8, 4) is 5.75 Å². The number of aryl methyl sites for hydroxylation is 2. The molecule has 1 unspecified atom stereocenters. The summed E-state index contributed by atoms with van der Waals surface area (Å²) in [6.45, 7) is 8.62. The number of fused-ring (bicyclic) bond motifs is 6. The molecule has 370 valence electrons. The molecule has 7 rings (SSSR count). The van der Waals surface area contributed by atoms with E-state index < -0.39 is 46.3 Å². The summed E-state index contributed by atoms with van der Waals surface area (Å²) in [6.07, 6.45) is 7.58. The molecular formula is C53H68N6O10. The molecule has 3 aromatic rings. The number of hydrogen-bond acceptors (Lipinski definition) is 9. The van der Waals surface area contributed by atoms with Crippen LogP contribution in [0.25, 0.3) is 0 Å². The van der Waals surface area contributed by atoms with Gasteiger partial charge in [0.1, 0.15) is 18.4 Å². The van der Waals surface area contributed by atoms with Crippen molar-refractivity contribution < 1.29 is 48.5 Å². The van der Waals surface area contributed by atoms with Crippen LogP contribution >= 0.6 is 0 Å². The number of carbonyl (C=O) groups is 7. The van der Waals surface area contributed by atoms with Crippen LogP contribution in [-0.4, -0.2) is 64.5 Å². The van der Waals surface area contributed by atoms with Gasteiger partial charge in [-0.15, -0.1) is 0 Å². The van der Waals surface area contributed by atoms with E-state index in [0.717, 1.165) is 61.6 Å². The van der Waals surface area contributed by atoms with Crippen LogP contribution in [0.5, 0.6) is 5.75 Å². The average Bonchev–Trinajstić information content (AvgIpc) is 3.30. The molecule has 0 bridgehead atoms. The number of imide groups is 1. The fourth-order valence-electron chi connectivity index (χ4n) is 12.5. The molecule has 69 heavy (non-hydrogen) atoms. The minimum Gasteiger partial charge on any atom is -0.508 e. The molecular weight excluding hydrogens is 881 g/mol. The number of carboxylic acids is 1. The van der Waals surface area contributed by atoms with Gasteiger partial charge < -0.3 is 42.0 Å². The normalized spacial score (nSPS) is 26.0. The Morgan fingerprint density at radius 3 is 1.90 bits per heavy atom. The number of carbonyl (C=O) groups excluding carboxylic acids is 6. The second kappa shape index (κ2) is 20.6. The average molecular weight is 949 g/mol. The molecule has 0 aliphatic heterocycles. The van der Waals surface area contributed by atoms with Crippen molar-refractivity contribution in [1.82, 2.24) is 16.0 Å². The molecule has 7 amide bonds. The summed E-state index contributed by atoms with van der Waals surface area (Å²) in [4.78, 5) is 90.8. The Kier molecular flexibility index (Phi) is 15.1. The molecule has 0 radical (unpaired) electrons. The number of nitrogens with one attached hydrogen (secondary N) is 5. The van der Waals surface area contributed by atoms with E-state index >= 15 is 0 Å². The summed E-state index contributed by atoms with van der Waals surface area (Å²) in [5.74, 6) is -2.32. The van der Waals surface area contributed by atoms with Crippen LogP contribution in [0.4, 0.5) is 21.0 Å². The molecule has 0 saturated heterocycles. The van der Waals surface area contributed by atoms with Crippen molar-refractivity contribution in [2.75, 3.05) is 17.2 Å². The molecule has 0 heterocycles. The highest BCUT2D eigenvalue weighted by Crippen LogP contribution is 2.60. The van der Waals surface area contributed by atoms with Crippen LogP contribution in [0.15, 0.2) is 60.7 Å². The zero-order valence-corrected chi connectivity index (χ0v) is 40.3. The minimum atomic E-state index is -1.24. The third-order valence-corrected chi connectivity index (χ3v) is 16.2. The Bertz CT molecular complexity index is 2480. The summed E-state index contributed by atoms with van der Waals surface area (Å²) >= 11 is 0. The van der Waals surface area contributed by atoms with Gasteiger partial charge in [-0.2, -0.15) is 0 Å². The van der Waals surface area contributed by atoms with Gasteiger partial charge in [-0.25, -0.2) is 9.59 Å². The monoisotopic (exact) mass is 948 g/mol. The van der Waals surface area contributed by atoms with Gasteiger partial charge in [0.25, 0.3) is 0 Å². The number of carboxylic acid groups (broad SMARTS) is 1. The van der Waals surface area contributed by atoms with E-state index in [4.69, 9.17) is 10.5 Å². The molecule has 0 spiro atoms. The summed E-state index contributed by atoms with van der Waals surface area (Å²) < 4.78 is 5.41. The highest BCUT2D eigenvalue weighted by atomic mass is 16.5. The predicted molar refractivity (Wildman–Crippen MR) is 259 cm³/mol. The minimum absolute atomic E-state index is 0.0000204. The van der Waals surface area contributed by atoms with Gasteiger partial charge in [-0.05, 0) is 158 Å². The van der Waals surface area contributed by atoms with Crippen molar-refractivity contribution >= 4 is 53.1 Å². The number of aromatic hydroxyl groups is 1. The topological polar surface area (TPSA) is 255 Å². The number of aliphatic carboxylic acids is 1. The van der Waals surface area contributed by atoms with E-state index in [2.05, 4.69) is 40.4 Å². The van der Waals surface area contributed by atoms with Gasteiger partial charge in [0.05, 0.1) is 10.8 Å².